The first-order valence-electron chi connectivity index (χ1n) is 7.96. The van der Waals surface area contributed by atoms with E-state index >= 15 is 0 Å². The van der Waals surface area contributed by atoms with Crippen LogP contribution < -0.4 is 4.74 Å². The Kier molecular flexibility index (Phi) is 6.69. The van der Waals surface area contributed by atoms with Crippen molar-refractivity contribution in [3.05, 3.63) is 71.3 Å². The third kappa shape index (κ3) is 5.12. The molecule has 0 aliphatic carbocycles. The van der Waals surface area contributed by atoms with Crippen LogP contribution in [0.2, 0.25) is 0 Å². The summed E-state index contributed by atoms with van der Waals surface area (Å²) < 4.78 is 5.75. The molecular weight excluding hydrogens is 306 g/mol. The number of halogens is 1. The monoisotopic (exact) mass is 329 g/mol. The zero-order chi connectivity index (χ0) is 15.2. The molecule has 1 heterocycles. The van der Waals surface area contributed by atoms with Gasteiger partial charge in [-0.05, 0) is 42.6 Å². The first-order chi connectivity index (χ1) is 10.8. The summed E-state index contributed by atoms with van der Waals surface area (Å²) >= 11 is 0. The second-order valence-electron chi connectivity index (χ2n) is 5.90. The zero-order valence-electron chi connectivity index (χ0n) is 13.6. The molecule has 0 saturated carbocycles. The highest BCUT2D eigenvalue weighted by Crippen LogP contribution is 2.26. The Bertz CT molecular complexity index is 639. The van der Waals surface area contributed by atoms with Crippen molar-refractivity contribution in [2.24, 2.45) is 0 Å². The molecule has 0 aromatic heterocycles. The fourth-order valence-electron chi connectivity index (χ4n) is 2.79. The summed E-state index contributed by atoms with van der Waals surface area (Å²) in [6, 6.07) is 17.1. The molecule has 2 aromatic rings. The minimum atomic E-state index is 0. The molecule has 0 spiro atoms. The van der Waals surface area contributed by atoms with Gasteiger partial charge in [-0.2, -0.15) is 0 Å². The highest BCUT2D eigenvalue weighted by Gasteiger charge is 2.10. The van der Waals surface area contributed by atoms with Gasteiger partial charge in [-0.15, -0.1) is 12.4 Å². The highest BCUT2D eigenvalue weighted by atomic mass is 35.5. The van der Waals surface area contributed by atoms with Crippen LogP contribution in [0.4, 0.5) is 0 Å². The van der Waals surface area contributed by atoms with Gasteiger partial charge in [0.2, 0.25) is 0 Å². The molecule has 0 N–H and O–H groups in total. The minimum absolute atomic E-state index is 0. The van der Waals surface area contributed by atoms with Crippen LogP contribution in [0.5, 0.6) is 5.75 Å². The summed E-state index contributed by atoms with van der Waals surface area (Å²) in [7, 11) is 2.15. The first-order valence-corrected chi connectivity index (χ1v) is 7.96. The van der Waals surface area contributed by atoms with Gasteiger partial charge in [0.15, 0.2) is 0 Å². The Hall–Kier alpha value is -1.77. The quantitative estimate of drug-likeness (QED) is 0.796. The lowest BCUT2D eigenvalue weighted by molar-refractivity contribution is 0.287. The van der Waals surface area contributed by atoms with Crippen molar-refractivity contribution in [2.45, 2.75) is 19.4 Å². The Labute approximate surface area is 145 Å². The number of rotatable bonds is 5. The predicted octanol–water partition coefficient (Wildman–Crippen LogP) is 4.58. The summed E-state index contributed by atoms with van der Waals surface area (Å²) in [5.74, 6) is 1.08. The van der Waals surface area contributed by atoms with Crippen LogP contribution in [0.1, 0.15) is 23.1 Å². The number of aryl methyl sites for hydroxylation is 1. The average molecular weight is 330 g/mol. The molecular formula is C20H24ClNO. The second-order valence-corrected chi connectivity index (χ2v) is 5.90. The average Bonchev–Trinajstić information content (AvgIpc) is 2.56. The molecule has 1 aliphatic rings. The van der Waals surface area contributed by atoms with Crippen molar-refractivity contribution < 1.29 is 4.74 Å². The van der Waals surface area contributed by atoms with Crippen molar-refractivity contribution in [2.75, 3.05) is 20.2 Å². The Morgan fingerprint density at radius 2 is 1.96 bits per heavy atom. The maximum atomic E-state index is 5.75. The van der Waals surface area contributed by atoms with E-state index in [9.17, 15) is 0 Å². The zero-order valence-corrected chi connectivity index (χ0v) is 14.4. The van der Waals surface area contributed by atoms with Crippen molar-refractivity contribution in [3.8, 4) is 5.75 Å². The first kappa shape index (κ1) is 17.6. The van der Waals surface area contributed by atoms with E-state index < -0.39 is 0 Å². The van der Waals surface area contributed by atoms with Crippen LogP contribution in [0, 0.1) is 0 Å². The van der Waals surface area contributed by atoms with Gasteiger partial charge in [-0.25, -0.2) is 0 Å². The van der Waals surface area contributed by atoms with Crippen LogP contribution >= 0.6 is 12.4 Å². The molecule has 0 atom stereocenters. The van der Waals surface area contributed by atoms with Gasteiger partial charge in [0.25, 0.3) is 0 Å². The van der Waals surface area contributed by atoms with E-state index in [4.69, 9.17) is 4.74 Å². The summed E-state index contributed by atoms with van der Waals surface area (Å²) in [6.45, 7) is 2.73. The molecule has 2 nitrogen and oxygen atoms in total. The maximum Gasteiger partial charge on any atom is 0.122 e. The number of ether oxygens (including phenoxy) is 1. The Balaban J connectivity index is 0.00000192. The number of hydrogen-bond acceptors (Lipinski definition) is 2. The molecule has 3 rings (SSSR count). The SMILES string of the molecule is CN(C/C=C/c1ccccc1)Cc1ccc2c(c1)OCCC2.Cl. The number of nitrogens with zero attached hydrogens (tertiary/aromatic N) is 1. The van der Waals surface area contributed by atoms with Crippen LogP contribution in [0.15, 0.2) is 54.6 Å². The van der Waals surface area contributed by atoms with Gasteiger partial charge in [-0.3, -0.25) is 4.90 Å². The number of hydrogen-bond donors (Lipinski definition) is 0. The van der Waals surface area contributed by atoms with E-state index in [1.807, 2.05) is 6.07 Å². The van der Waals surface area contributed by atoms with Gasteiger partial charge in [0.05, 0.1) is 6.61 Å². The van der Waals surface area contributed by atoms with E-state index in [-0.39, 0.29) is 12.4 Å². The van der Waals surface area contributed by atoms with E-state index in [1.54, 1.807) is 0 Å². The van der Waals surface area contributed by atoms with E-state index in [1.165, 1.54) is 16.7 Å². The van der Waals surface area contributed by atoms with Crippen LogP contribution in [0.3, 0.4) is 0 Å². The van der Waals surface area contributed by atoms with Gasteiger partial charge < -0.3 is 4.74 Å². The lowest BCUT2D eigenvalue weighted by atomic mass is 10.0. The van der Waals surface area contributed by atoms with Gasteiger partial charge in [0.1, 0.15) is 5.75 Å². The van der Waals surface area contributed by atoms with Crippen molar-refractivity contribution >= 4 is 18.5 Å². The molecule has 0 amide bonds. The van der Waals surface area contributed by atoms with Crippen LogP contribution in [-0.2, 0) is 13.0 Å². The molecule has 23 heavy (non-hydrogen) atoms. The van der Waals surface area contributed by atoms with Crippen LogP contribution in [0.25, 0.3) is 6.08 Å². The molecule has 0 bridgehead atoms. The largest absolute Gasteiger partial charge is 0.493 e. The Morgan fingerprint density at radius 1 is 1.13 bits per heavy atom. The Morgan fingerprint density at radius 3 is 2.78 bits per heavy atom. The van der Waals surface area contributed by atoms with Crippen molar-refractivity contribution in [3.63, 3.8) is 0 Å². The molecule has 0 saturated heterocycles. The summed E-state index contributed by atoms with van der Waals surface area (Å²) in [5, 5.41) is 0. The lowest BCUT2D eigenvalue weighted by Crippen LogP contribution is -2.18. The van der Waals surface area contributed by atoms with Crippen LogP contribution in [-0.4, -0.2) is 25.1 Å². The second kappa shape index (κ2) is 8.76. The third-order valence-electron chi connectivity index (χ3n) is 3.96. The highest BCUT2D eigenvalue weighted by molar-refractivity contribution is 5.85. The molecule has 0 fully saturated rings. The molecule has 1 aliphatic heterocycles. The van der Waals surface area contributed by atoms with Gasteiger partial charge in [-0.1, -0.05) is 54.6 Å². The van der Waals surface area contributed by atoms with Crippen molar-refractivity contribution in [1.29, 1.82) is 0 Å². The number of fused-ring (bicyclic) bond motifs is 1. The standard InChI is InChI=1S/C20H23NO.ClH/c1-21(13-5-9-17-7-3-2-4-8-17)16-18-11-12-19-10-6-14-22-20(19)15-18;/h2-5,7-9,11-12,15H,6,10,13-14,16H2,1H3;1H/b9-5+;. The fraction of sp³-hybridized carbons (Fsp3) is 0.300. The van der Waals surface area contributed by atoms with Crippen molar-refractivity contribution in [1.82, 2.24) is 4.90 Å². The number of benzene rings is 2. The minimum Gasteiger partial charge on any atom is -0.493 e. The topological polar surface area (TPSA) is 12.5 Å². The molecule has 2 aromatic carbocycles. The van der Waals surface area contributed by atoms with Gasteiger partial charge >= 0.3 is 0 Å². The third-order valence-corrected chi connectivity index (χ3v) is 3.96. The number of likely N-dealkylation sites (N-methyl/N-ethyl adjacent to an activating group) is 1. The van der Waals surface area contributed by atoms with E-state index in [0.717, 1.165) is 38.3 Å². The summed E-state index contributed by atoms with van der Waals surface area (Å²) in [6.07, 6.45) is 6.67. The molecule has 3 heteroatoms. The summed E-state index contributed by atoms with van der Waals surface area (Å²) in [4.78, 5) is 2.31. The smallest absolute Gasteiger partial charge is 0.122 e. The lowest BCUT2D eigenvalue weighted by Gasteiger charge is -2.20. The fourth-order valence-corrected chi connectivity index (χ4v) is 2.79. The van der Waals surface area contributed by atoms with E-state index in [2.05, 4.69) is 66.6 Å². The molecule has 0 radical (unpaired) electrons. The van der Waals surface area contributed by atoms with Gasteiger partial charge in [0, 0.05) is 13.1 Å². The summed E-state index contributed by atoms with van der Waals surface area (Å²) in [5.41, 5.74) is 3.91. The molecule has 0 unspecified atom stereocenters. The van der Waals surface area contributed by atoms with E-state index in [0.29, 0.717) is 0 Å². The predicted molar refractivity (Wildman–Crippen MR) is 99.3 cm³/mol. The maximum absolute atomic E-state index is 5.75. The molecule has 122 valence electrons. The normalized spacial score (nSPS) is 13.5.